The monoisotopic (exact) mass is 176 g/mol. The molecule has 70 valence electrons. The predicted octanol–water partition coefficient (Wildman–Crippen LogP) is 2.95. The topological polar surface area (TPSA) is 0 Å². The fourth-order valence-corrected chi connectivity index (χ4v) is 4.60. The van der Waals surface area contributed by atoms with Crippen LogP contribution in [0.5, 0.6) is 0 Å². The molecule has 1 rings (SSSR count). The van der Waals surface area contributed by atoms with Crippen LogP contribution in [0.2, 0.25) is 0 Å². The maximum atomic E-state index is 2.56. The van der Waals surface area contributed by atoms with Gasteiger partial charge in [0.25, 0.3) is 0 Å². The fourth-order valence-electron chi connectivity index (χ4n) is 1.53. The second-order valence-corrected chi connectivity index (χ2v) is 17.3. The molecule has 0 aromatic rings. The van der Waals surface area contributed by atoms with Crippen molar-refractivity contribution in [2.45, 2.75) is 37.2 Å². The van der Waals surface area contributed by atoms with Crippen molar-refractivity contribution in [2.75, 3.05) is 25.0 Å². The molecule has 0 amide bonds. The minimum Gasteiger partial charge on any atom is -0.279 e. The molecule has 0 nitrogen and oxygen atoms in total. The average molecular weight is 176 g/mol. The van der Waals surface area contributed by atoms with E-state index in [0.717, 1.165) is 10.5 Å². The Morgan fingerprint density at radius 3 is 1.45 bits per heavy atom. The first-order valence-corrected chi connectivity index (χ1v) is 8.78. The summed E-state index contributed by atoms with van der Waals surface area (Å²) in [5.41, 5.74) is 0. The van der Waals surface area contributed by atoms with Crippen LogP contribution in [0, 0.1) is 0 Å². The third-order valence-electron chi connectivity index (χ3n) is 4.21. The zero-order valence-electron chi connectivity index (χ0n) is 8.98. The molecule has 0 unspecified atom stereocenters. The lowest BCUT2D eigenvalue weighted by Crippen LogP contribution is -2.43. The molecule has 11 heavy (non-hydrogen) atoms. The molecule has 0 heterocycles. The van der Waals surface area contributed by atoms with Crippen molar-refractivity contribution in [1.82, 2.24) is 0 Å². The Hall–Kier alpha value is 0.350. The first-order chi connectivity index (χ1) is 4.58. The van der Waals surface area contributed by atoms with Gasteiger partial charge in [0.05, 0.1) is 0 Å². The summed E-state index contributed by atoms with van der Waals surface area (Å²) in [5.74, 6) is 0. The average Bonchev–Trinajstić information content (AvgIpc) is 2.36. The molecular formula is C10H24S. The fraction of sp³-hybridized carbons (Fsp3) is 1.00. The molecule has 0 N–H and O–H groups in total. The summed E-state index contributed by atoms with van der Waals surface area (Å²) in [5, 5.41) is 1.91. The highest BCUT2D eigenvalue weighted by atomic mass is 32.4. The second-order valence-electron chi connectivity index (χ2n) is 6.72. The van der Waals surface area contributed by atoms with Crippen molar-refractivity contribution in [3.8, 4) is 0 Å². The Morgan fingerprint density at radius 2 is 1.36 bits per heavy atom. The van der Waals surface area contributed by atoms with Gasteiger partial charge in [-0.25, -0.2) is 0 Å². The summed E-state index contributed by atoms with van der Waals surface area (Å²) in [7, 11) is -1.65. The Morgan fingerprint density at radius 1 is 1.00 bits per heavy atom. The first-order valence-electron chi connectivity index (χ1n) is 4.58. The SMILES string of the molecule is CC(C)S(C)(C)(C)(C)C1CC1. The van der Waals surface area contributed by atoms with Gasteiger partial charge < -0.3 is 0 Å². The quantitative estimate of drug-likeness (QED) is 0.607. The predicted molar refractivity (Wildman–Crippen MR) is 59.4 cm³/mol. The number of hydrogen-bond acceptors (Lipinski definition) is 0. The van der Waals surface area contributed by atoms with Gasteiger partial charge in [-0.2, -0.15) is 0 Å². The van der Waals surface area contributed by atoms with Crippen molar-refractivity contribution >= 4 is 8.29 Å². The second kappa shape index (κ2) is 1.66. The zero-order chi connectivity index (χ0) is 8.98. The van der Waals surface area contributed by atoms with Crippen molar-refractivity contribution in [3.05, 3.63) is 0 Å². The van der Waals surface area contributed by atoms with Crippen LogP contribution >= 0.6 is 8.29 Å². The van der Waals surface area contributed by atoms with Gasteiger partial charge in [-0.15, -0.1) is 0 Å². The summed E-state index contributed by atoms with van der Waals surface area (Å²) in [6.45, 7) is 4.81. The van der Waals surface area contributed by atoms with E-state index in [2.05, 4.69) is 38.9 Å². The van der Waals surface area contributed by atoms with Gasteiger partial charge in [-0.3, -0.25) is 8.29 Å². The third-order valence-corrected chi connectivity index (χ3v) is 12.0. The van der Waals surface area contributed by atoms with Crippen LogP contribution in [0.15, 0.2) is 0 Å². The van der Waals surface area contributed by atoms with Gasteiger partial charge in [0.2, 0.25) is 0 Å². The van der Waals surface area contributed by atoms with Crippen LogP contribution in [0.3, 0.4) is 0 Å². The van der Waals surface area contributed by atoms with E-state index in [1.807, 2.05) is 0 Å². The van der Waals surface area contributed by atoms with Crippen LogP contribution in [-0.4, -0.2) is 35.5 Å². The van der Waals surface area contributed by atoms with Gasteiger partial charge in [0.1, 0.15) is 0 Å². The largest absolute Gasteiger partial charge is 0.279 e. The van der Waals surface area contributed by atoms with Gasteiger partial charge in [-0.1, -0.05) is 13.8 Å². The molecule has 1 saturated carbocycles. The number of rotatable bonds is 2. The van der Waals surface area contributed by atoms with E-state index in [4.69, 9.17) is 0 Å². The standard InChI is InChI=1S/C10H24S/c1-9(2)11(3,4,5,6)10-7-8-10/h9-10H,7-8H2,1-6H3. The van der Waals surface area contributed by atoms with E-state index >= 15 is 0 Å². The van der Waals surface area contributed by atoms with Crippen LogP contribution in [0.4, 0.5) is 0 Å². The Kier molecular flexibility index (Phi) is 1.42. The molecule has 1 aliphatic carbocycles. The highest BCUT2D eigenvalue weighted by Gasteiger charge is 2.56. The Bertz CT molecular complexity index is 167. The van der Waals surface area contributed by atoms with Crippen molar-refractivity contribution in [1.29, 1.82) is 0 Å². The van der Waals surface area contributed by atoms with E-state index in [0.29, 0.717) is 0 Å². The normalized spacial score (nSPS) is 26.5. The molecule has 0 saturated heterocycles. The molecule has 0 radical (unpaired) electrons. The summed E-state index contributed by atoms with van der Waals surface area (Å²) >= 11 is 0. The summed E-state index contributed by atoms with van der Waals surface area (Å²) in [6, 6.07) is 0. The van der Waals surface area contributed by atoms with Crippen LogP contribution in [-0.2, 0) is 0 Å². The van der Waals surface area contributed by atoms with Gasteiger partial charge in [0.15, 0.2) is 0 Å². The lowest BCUT2D eigenvalue weighted by Gasteiger charge is -2.73. The Balaban J connectivity index is 3.07. The molecule has 1 fully saturated rings. The Labute approximate surface area is 71.0 Å². The summed E-state index contributed by atoms with van der Waals surface area (Å²) in [6.07, 6.45) is 13.2. The molecular weight excluding hydrogens is 152 g/mol. The van der Waals surface area contributed by atoms with E-state index in [-0.39, 0.29) is 0 Å². The van der Waals surface area contributed by atoms with E-state index in [1.165, 1.54) is 12.8 Å². The van der Waals surface area contributed by atoms with E-state index in [1.54, 1.807) is 0 Å². The van der Waals surface area contributed by atoms with E-state index in [9.17, 15) is 0 Å². The van der Waals surface area contributed by atoms with Crippen LogP contribution in [0.25, 0.3) is 0 Å². The lowest BCUT2D eigenvalue weighted by atomic mass is 10.6. The molecule has 0 aromatic carbocycles. The first kappa shape index (κ1) is 9.44. The minimum absolute atomic E-state index is 0.863. The van der Waals surface area contributed by atoms with Gasteiger partial charge >= 0.3 is 0 Å². The molecule has 1 aliphatic rings. The highest BCUT2D eigenvalue weighted by molar-refractivity contribution is 8.63. The van der Waals surface area contributed by atoms with Crippen LogP contribution in [0.1, 0.15) is 26.7 Å². The lowest BCUT2D eigenvalue weighted by molar-refractivity contribution is 1.04. The summed E-state index contributed by atoms with van der Waals surface area (Å²) < 4.78 is 0. The van der Waals surface area contributed by atoms with Gasteiger partial charge in [-0.05, 0) is 48.4 Å². The molecule has 1 heteroatoms. The molecule has 0 aromatic heterocycles. The van der Waals surface area contributed by atoms with Crippen LogP contribution < -0.4 is 0 Å². The molecule has 0 bridgehead atoms. The summed E-state index contributed by atoms with van der Waals surface area (Å²) in [4.78, 5) is 0. The maximum Gasteiger partial charge on any atom is -0.0224 e. The van der Waals surface area contributed by atoms with Crippen molar-refractivity contribution < 1.29 is 0 Å². The molecule has 0 aliphatic heterocycles. The smallest absolute Gasteiger partial charge is 0.0224 e. The third kappa shape index (κ3) is 1.32. The maximum absolute atomic E-state index is 2.56. The number of hydrogen-bond donors (Lipinski definition) is 0. The van der Waals surface area contributed by atoms with E-state index < -0.39 is 8.29 Å². The molecule has 0 atom stereocenters. The zero-order valence-corrected chi connectivity index (χ0v) is 9.79. The highest BCUT2D eigenvalue weighted by Crippen LogP contribution is 2.89. The minimum atomic E-state index is -1.65. The van der Waals surface area contributed by atoms with Crippen molar-refractivity contribution in [2.24, 2.45) is 0 Å². The van der Waals surface area contributed by atoms with Gasteiger partial charge in [0, 0.05) is 0 Å². The molecule has 0 spiro atoms. The van der Waals surface area contributed by atoms with Crippen molar-refractivity contribution in [3.63, 3.8) is 0 Å².